The minimum absolute atomic E-state index is 0.161. The van der Waals surface area contributed by atoms with Crippen LogP contribution >= 0.6 is 15.9 Å². The van der Waals surface area contributed by atoms with E-state index in [1.165, 1.54) is 13.2 Å². The van der Waals surface area contributed by atoms with Gasteiger partial charge in [-0.2, -0.15) is 0 Å². The van der Waals surface area contributed by atoms with Gasteiger partial charge in [0.05, 0.1) is 13.5 Å². The Morgan fingerprint density at radius 3 is 2.62 bits per heavy atom. The standard InChI is InChI=1S/C15H20BrFN2O2/c1-21-15(20)4-5-18-6-8-19(9-7-18)11-12-10-13(16)2-3-14(12)17/h2-3,10H,4-9,11H2,1H3. The van der Waals surface area contributed by atoms with Crippen LogP contribution in [0.4, 0.5) is 4.39 Å². The molecule has 1 aliphatic rings. The summed E-state index contributed by atoms with van der Waals surface area (Å²) in [5.41, 5.74) is 0.715. The summed E-state index contributed by atoms with van der Waals surface area (Å²) in [4.78, 5) is 15.6. The molecule has 2 rings (SSSR count). The summed E-state index contributed by atoms with van der Waals surface area (Å²) in [7, 11) is 1.41. The van der Waals surface area contributed by atoms with Crippen LogP contribution in [0, 0.1) is 5.82 Å². The number of halogens is 2. The summed E-state index contributed by atoms with van der Waals surface area (Å²) >= 11 is 3.37. The molecule has 0 amide bonds. The van der Waals surface area contributed by atoms with Gasteiger partial charge in [-0.3, -0.25) is 9.69 Å². The van der Waals surface area contributed by atoms with Crippen molar-refractivity contribution in [2.45, 2.75) is 13.0 Å². The van der Waals surface area contributed by atoms with Crippen molar-refractivity contribution in [2.24, 2.45) is 0 Å². The summed E-state index contributed by atoms with van der Waals surface area (Å²) < 4.78 is 19.3. The number of carbonyl (C=O) groups is 1. The van der Waals surface area contributed by atoms with Gasteiger partial charge in [0, 0.05) is 49.3 Å². The van der Waals surface area contributed by atoms with E-state index >= 15 is 0 Å². The molecule has 1 aromatic carbocycles. The highest BCUT2D eigenvalue weighted by molar-refractivity contribution is 9.10. The highest BCUT2D eigenvalue weighted by atomic mass is 79.9. The van der Waals surface area contributed by atoms with Gasteiger partial charge in [0.25, 0.3) is 0 Å². The Labute approximate surface area is 133 Å². The fourth-order valence-corrected chi connectivity index (χ4v) is 2.84. The molecule has 6 heteroatoms. The molecule has 0 saturated carbocycles. The Hall–Kier alpha value is -0.980. The number of benzene rings is 1. The van der Waals surface area contributed by atoms with E-state index in [0.29, 0.717) is 18.5 Å². The van der Waals surface area contributed by atoms with Crippen LogP contribution in [0.1, 0.15) is 12.0 Å². The van der Waals surface area contributed by atoms with Crippen molar-refractivity contribution in [3.63, 3.8) is 0 Å². The van der Waals surface area contributed by atoms with Crippen LogP contribution in [-0.2, 0) is 16.1 Å². The maximum atomic E-state index is 13.7. The molecule has 0 radical (unpaired) electrons. The first-order valence-electron chi connectivity index (χ1n) is 7.04. The zero-order valence-corrected chi connectivity index (χ0v) is 13.7. The number of esters is 1. The van der Waals surface area contributed by atoms with Crippen LogP contribution in [0.3, 0.4) is 0 Å². The maximum absolute atomic E-state index is 13.7. The monoisotopic (exact) mass is 358 g/mol. The lowest BCUT2D eigenvalue weighted by molar-refractivity contribution is -0.141. The summed E-state index contributed by atoms with van der Waals surface area (Å²) in [6.45, 7) is 4.90. The second kappa shape index (κ2) is 7.87. The Morgan fingerprint density at radius 2 is 1.95 bits per heavy atom. The first-order valence-corrected chi connectivity index (χ1v) is 7.83. The Bertz CT molecular complexity index is 491. The smallest absolute Gasteiger partial charge is 0.306 e. The molecule has 0 unspecified atom stereocenters. The lowest BCUT2D eigenvalue weighted by Crippen LogP contribution is -2.46. The number of rotatable bonds is 5. The number of hydrogen-bond acceptors (Lipinski definition) is 4. The Kier molecular flexibility index (Phi) is 6.14. The van der Waals surface area contributed by atoms with Gasteiger partial charge in [-0.25, -0.2) is 4.39 Å². The average molecular weight is 359 g/mol. The van der Waals surface area contributed by atoms with Crippen molar-refractivity contribution in [3.05, 3.63) is 34.1 Å². The van der Waals surface area contributed by atoms with Gasteiger partial charge in [0.1, 0.15) is 5.82 Å². The van der Waals surface area contributed by atoms with Gasteiger partial charge >= 0.3 is 5.97 Å². The van der Waals surface area contributed by atoms with E-state index in [1.807, 2.05) is 6.07 Å². The van der Waals surface area contributed by atoms with Crippen LogP contribution in [0.5, 0.6) is 0 Å². The minimum Gasteiger partial charge on any atom is -0.469 e. The van der Waals surface area contributed by atoms with Crippen molar-refractivity contribution < 1.29 is 13.9 Å². The predicted molar refractivity (Wildman–Crippen MR) is 82.5 cm³/mol. The number of ether oxygens (including phenoxy) is 1. The van der Waals surface area contributed by atoms with Crippen molar-refractivity contribution >= 4 is 21.9 Å². The van der Waals surface area contributed by atoms with Crippen LogP contribution in [-0.4, -0.2) is 55.6 Å². The Morgan fingerprint density at radius 1 is 1.29 bits per heavy atom. The molecule has 0 aromatic heterocycles. The highest BCUT2D eigenvalue weighted by Crippen LogP contribution is 2.18. The predicted octanol–water partition coefficient (Wildman–Crippen LogP) is 2.27. The molecule has 1 aliphatic heterocycles. The average Bonchev–Trinajstić information content (AvgIpc) is 2.50. The fourth-order valence-electron chi connectivity index (χ4n) is 2.43. The molecule has 0 bridgehead atoms. The molecule has 1 saturated heterocycles. The van der Waals surface area contributed by atoms with E-state index in [9.17, 15) is 9.18 Å². The topological polar surface area (TPSA) is 32.8 Å². The summed E-state index contributed by atoms with van der Waals surface area (Å²) in [6.07, 6.45) is 0.427. The zero-order chi connectivity index (χ0) is 15.2. The quantitative estimate of drug-likeness (QED) is 0.756. The fraction of sp³-hybridized carbons (Fsp3) is 0.533. The van der Waals surface area contributed by atoms with Crippen LogP contribution < -0.4 is 0 Å². The van der Waals surface area contributed by atoms with Gasteiger partial charge in [-0.1, -0.05) is 15.9 Å². The first kappa shape index (κ1) is 16.4. The molecule has 0 aliphatic carbocycles. The number of methoxy groups -OCH3 is 1. The van der Waals surface area contributed by atoms with Crippen LogP contribution in [0.15, 0.2) is 22.7 Å². The van der Waals surface area contributed by atoms with E-state index in [-0.39, 0.29) is 11.8 Å². The summed E-state index contributed by atoms with van der Waals surface area (Å²) in [6, 6.07) is 5.04. The number of piperazine rings is 1. The maximum Gasteiger partial charge on any atom is 0.306 e. The van der Waals surface area contributed by atoms with Crippen molar-refractivity contribution in [1.29, 1.82) is 0 Å². The molecule has 1 heterocycles. The molecular formula is C15H20BrFN2O2. The molecule has 1 fully saturated rings. The molecule has 116 valence electrons. The largest absolute Gasteiger partial charge is 0.469 e. The van der Waals surface area contributed by atoms with Crippen LogP contribution in [0.25, 0.3) is 0 Å². The Balaban J connectivity index is 1.79. The van der Waals surface area contributed by atoms with Gasteiger partial charge < -0.3 is 9.64 Å². The second-order valence-electron chi connectivity index (χ2n) is 5.18. The van der Waals surface area contributed by atoms with Crippen molar-refractivity contribution in [2.75, 3.05) is 39.8 Å². The third-order valence-electron chi connectivity index (χ3n) is 3.73. The molecule has 4 nitrogen and oxygen atoms in total. The van der Waals surface area contributed by atoms with Gasteiger partial charge in [-0.15, -0.1) is 0 Å². The minimum atomic E-state index is -0.173. The van der Waals surface area contributed by atoms with Crippen molar-refractivity contribution in [3.8, 4) is 0 Å². The SMILES string of the molecule is COC(=O)CCN1CCN(Cc2cc(Br)ccc2F)CC1. The van der Waals surface area contributed by atoms with Crippen LogP contribution in [0.2, 0.25) is 0 Å². The van der Waals surface area contributed by atoms with Gasteiger partial charge in [0.15, 0.2) is 0 Å². The highest BCUT2D eigenvalue weighted by Gasteiger charge is 2.18. The molecule has 1 aromatic rings. The molecular weight excluding hydrogens is 339 g/mol. The molecule has 21 heavy (non-hydrogen) atoms. The molecule has 0 N–H and O–H groups in total. The first-order chi connectivity index (χ1) is 10.1. The van der Waals surface area contributed by atoms with E-state index < -0.39 is 0 Å². The summed E-state index contributed by atoms with van der Waals surface area (Å²) in [5, 5.41) is 0. The lowest BCUT2D eigenvalue weighted by Gasteiger charge is -2.34. The third-order valence-corrected chi connectivity index (χ3v) is 4.22. The number of nitrogens with zero attached hydrogens (tertiary/aromatic N) is 2. The van der Waals surface area contributed by atoms with Crippen molar-refractivity contribution in [1.82, 2.24) is 9.80 Å². The number of hydrogen-bond donors (Lipinski definition) is 0. The molecule has 0 spiro atoms. The van der Waals surface area contributed by atoms with E-state index in [2.05, 4.69) is 30.5 Å². The zero-order valence-electron chi connectivity index (χ0n) is 12.1. The normalized spacial score (nSPS) is 16.9. The number of carbonyl (C=O) groups excluding carboxylic acids is 1. The lowest BCUT2D eigenvalue weighted by atomic mass is 10.2. The van der Waals surface area contributed by atoms with E-state index in [0.717, 1.165) is 37.2 Å². The third kappa shape index (κ3) is 5.05. The molecule has 0 atom stereocenters. The summed E-state index contributed by atoms with van der Waals surface area (Å²) in [5.74, 6) is -0.333. The van der Waals surface area contributed by atoms with E-state index in [4.69, 9.17) is 0 Å². The van der Waals surface area contributed by atoms with Gasteiger partial charge in [-0.05, 0) is 18.2 Å². The van der Waals surface area contributed by atoms with Gasteiger partial charge in [0.2, 0.25) is 0 Å². The van der Waals surface area contributed by atoms with E-state index in [1.54, 1.807) is 6.07 Å². The second-order valence-corrected chi connectivity index (χ2v) is 6.10.